The average Bonchev–Trinajstić information content (AvgIpc) is 3.01. The number of nitrogens with one attached hydrogen (secondary N) is 1. The number of non-ortho nitro benzene ring substituents is 1. The van der Waals surface area contributed by atoms with Gasteiger partial charge in [-0.15, -0.1) is 11.3 Å². The van der Waals surface area contributed by atoms with Crippen molar-refractivity contribution in [1.29, 1.82) is 5.26 Å². The summed E-state index contributed by atoms with van der Waals surface area (Å²) in [6.07, 6.45) is 0.488. The van der Waals surface area contributed by atoms with Crippen LogP contribution in [0.15, 0.2) is 35.7 Å². The van der Waals surface area contributed by atoms with Gasteiger partial charge in [0.2, 0.25) is 0 Å². The zero-order valence-electron chi connectivity index (χ0n) is 11.0. The molecule has 2 aromatic rings. The highest BCUT2D eigenvalue weighted by Crippen LogP contribution is 2.29. The molecule has 0 aliphatic rings. The molecule has 1 atom stereocenters. The maximum absolute atomic E-state index is 10.7. The fourth-order valence-electron chi connectivity index (χ4n) is 1.96. The normalized spacial score (nSPS) is 11.6. The van der Waals surface area contributed by atoms with E-state index < -0.39 is 4.92 Å². The van der Waals surface area contributed by atoms with E-state index in [1.807, 2.05) is 23.6 Å². The minimum absolute atomic E-state index is 0.00440. The van der Waals surface area contributed by atoms with Gasteiger partial charge >= 0.3 is 0 Å². The molecule has 6 nitrogen and oxygen atoms in total. The van der Waals surface area contributed by atoms with Gasteiger partial charge in [-0.1, -0.05) is 6.07 Å². The minimum atomic E-state index is -0.533. The van der Waals surface area contributed by atoms with Crippen molar-refractivity contribution in [3.05, 3.63) is 56.3 Å². The van der Waals surface area contributed by atoms with E-state index in [9.17, 15) is 10.1 Å². The molecule has 0 amide bonds. The summed E-state index contributed by atoms with van der Waals surface area (Å²) in [6, 6.07) is 9.79. The van der Waals surface area contributed by atoms with Crippen molar-refractivity contribution in [1.82, 2.24) is 0 Å². The molecule has 21 heavy (non-hydrogen) atoms. The number of hydrogen-bond acceptors (Lipinski definition) is 6. The number of hydrogen-bond donors (Lipinski definition) is 2. The molecule has 0 bridgehead atoms. The van der Waals surface area contributed by atoms with Crippen molar-refractivity contribution in [3.8, 4) is 6.07 Å². The molecule has 0 saturated carbocycles. The summed E-state index contributed by atoms with van der Waals surface area (Å²) in [5, 5.41) is 34.1. The van der Waals surface area contributed by atoms with Crippen LogP contribution in [0, 0.1) is 21.4 Å². The number of rotatable bonds is 6. The van der Waals surface area contributed by atoms with E-state index >= 15 is 0 Å². The van der Waals surface area contributed by atoms with Crippen LogP contribution in [0.2, 0.25) is 0 Å². The Morgan fingerprint density at radius 2 is 2.29 bits per heavy atom. The third-order valence-electron chi connectivity index (χ3n) is 2.97. The number of aliphatic hydroxyl groups excluding tert-OH is 1. The van der Waals surface area contributed by atoms with E-state index in [0.29, 0.717) is 12.1 Å². The third-order valence-corrected chi connectivity index (χ3v) is 3.95. The summed E-state index contributed by atoms with van der Waals surface area (Å²) in [5.41, 5.74) is 0.616. The second-order valence-electron chi connectivity index (χ2n) is 4.32. The Morgan fingerprint density at radius 1 is 1.48 bits per heavy atom. The zero-order chi connectivity index (χ0) is 15.2. The number of nitro groups is 1. The summed E-state index contributed by atoms with van der Waals surface area (Å²) >= 11 is 1.55. The fraction of sp³-hybridized carbons (Fsp3) is 0.214. The molecule has 0 radical (unpaired) electrons. The lowest BCUT2D eigenvalue weighted by atomic mass is 10.1. The Labute approximate surface area is 125 Å². The van der Waals surface area contributed by atoms with Gasteiger partial charge in [0.05, 0.1) is 22.2 Å². The van der Waals surface area contributed by atoms with Crippen LogP contribution in [-0.2, 0) is 0 Å². The number of nitriles is 1. The molecule has 0 unspecified atom stereocenters. The number of aliphatic hydroxyl groups is 1. The lowest BCUT2D eigenvalue weighted by Crippen LogP contribution is -2.12. The van der Waals surface area contributed by atoms with E-state index in [1.54, 1.807) is 11.3 Å². The van der Waals surface area contributed by atoms with Gasteiger partial charge < -0.3 is 10.4 Å². The Kier molecular flexibility index (Phi) is 4.87. The second kappa shape index (κ2) is 6.83. The van der Waals surface area contributed by atoms with E-state index in [-0.39, 0.29) is 23.9 Å². The van der Waals surface area contributed by atoms with Crippen molar-refractivity contribution in [2.24, 2.45) is 0 Å². The lowest BCUT2D eigenvalue weighted by Gasteiger charge is -2.18. The molecule has 0 aliphatic heterocycles. The molecule has 1 aromatic heterocycles. The number of nitrogens with zero attached hydrogens (tertiary/aromatic N) is 2. The Bertz CT molecular complexity index is 665. The molecule has 108 valence electrons. The maximum atomic E-state index is 10.7. The van der Waals surface area contributed by atoms with Gasteiger partial charge in [0.15, 0.2) is 0 Å². The van der Waals surface area contributed by atoms with Crippen LogP contribution >= 0.6 is 11.3 Å². The topological polar surface area (TPSA) is 99.2 Å². The molecule has 0 spiro atoms. The quantitative estimate of drug-likeness (QED) is 0.631. The highest BCUT2D eigenvalue weighted by atomic mass is 32.1. The number of benzene rings is 1. The SMILES string of the molecule is N#Cc1cc([N+](=O)[O-])ccc1N[C@H](CCO)c1cccs1. The number of thiophene rings is 1. The third kappa shape index (κ3) is 3.56. The summed E-state index contributed by atoms with van der Waals surface area (Å²) in [6.45, 7) is 0.00440. The summed E-state index contributed by atoms with van der Waals surface area (Å²) in [7, 11) is 0. The van der Waals surface area contributed by atoms with Crippen LogP contribution in [0.1, 0.15) is 22.9 Å². The number of anilines is 1. The predicted molar refractivity (Wildman–Crippen MR) is 80.2 cm³/mol. The van der Waals surface area contributed by atoms with Crippen LogP contribution in [0.3, 0.4) is 0 Å². The second-order valence-corrected chi connectivity index (χ2v) is 5.30. The van der Waals surface area contributed by atoms with Crippen molar-refractivity contribution < 1.29 is 10.0 Å². The van der Waals surface area contributed by atoms with Gasteiger partial charge in [0, 0.05) is 23.6 Å². The molecule has 2 rings (SSSR count). The summed E-state index contributed by atoms with van der Waals surface area (Å²) in [4.78, 5) is 11.2. The summed E-state index contributed by atoms with van der Waals surface area (Å²) < 4.78 is 0. The van der Waals surface area contributed by atoms with Crippen molar-refractivity contribution >= 4 is 22.7 Å². The van der Waals surface area contributed by atoms with Gasteiger partial charge in [0.1, 0.15) is 6.07 Å². The smallest absolute Gasteiger partial charge is 0.270 e. The zero-order valence-corrected chi connectivity index (χ0v) is 11.8. The van der Waals surface area contributed by atoms with Gasteiger partial charge in [0.25, 0.3) is 5.69 Å². The van der Waals surface area contributed by atoms with Crippen LogP contribution in [0.25, 0.3) is 0 Å². The standard InChI is InChI=1S/C14H13N3O3S/c15-9-10-8-11(17(19)20)3-4-12(10)16-13(5-6-18)14-2-1-7-21-14/h1-4,7-8,13,16,18H,5-6H2/t13-/m1/s1. The Hall–Kier alpha value is -2.43. The van der Waals surface area contributed by atoms with Crippen LogP contribution in [0.5, 0.6) is 0 Å². The first-order valence-electron chi connectivity index (χ1n) is 6.25. The van der Waals surface area contributed by atoms with E-state index in [0.717, 1.165) is 4.88 Å². The van der Waals surface area contributed by atoms with Gasteiger partial charge in [-0.25, -0.2) is 0 Å². The minimum Gasteiger partial charge on any atom is -0.396 e. The molecule has 1 heterocycles. The molecule has 0 aliphatic carbocycles. The summed E-state index contributed by atoms with van der Waals surface area (Å²) in [5.74, 6) is 0. The fourth-order valence-corrected chi connectivity index (χ4v) is 2.77. The molecule has 7 heteroatoms. The Balaban J connectivity index is 2.29. The lowest BCUT2D eigenvalue weighted by molar-refractivity contribution is -0.384. The largest absolute Gasteiger partial charge is 0.396 e. The monoisotopic (exact) mass is 303 g/mol. The maximum Gasteiger partial charge on any atom is 0.270 e. The van der Waals surface area contributed by atoms with Gasteiger partial charge in [-0.05, 0) is 23.9 Å². The van der Waals surface area contributed by atoms with E-state index in [1.165, 1.54) is 18.2 Å². The van der Waals surface area contributed by atoms with Crippen LogP contribution in [0.4, 0.5) is 11.4 Å². The molecule has 1 aromatic carbocycles. The molecular formula is C14H13N3O3S. The molecular weight excluding hydrogens is 290 g/mol. The van der Waals surface area contributed by atoms with Gasteiger partial charge in [-0.2, -0.15) is 5.26 Å². The first-order chi connectivity index (χ1) is 10.2. The molecule has 2 N–H and O–H groups in total. The van der Waals surface area contributed by atoms with E-state index in [2.05, 4.69) is 5.32 Å². The van der Waals surface area contributed by atoms with Crippen molar-refractivity contribution in [3.63, 3.8) is 0 Å². The van der Waals surface area contributed by atoms with Crippen molar-refractivity contribution in [2.75, 3.05) is 11.9 Å². The van der Waals surface area contributed by atoms with Crippen LogP contribution in [-0.4, -0.2) is 16.6 Å². The van der Waals surface area contributed by atoms with Gasteiger partial charge in [-0.3, -0.25) is 10.1 Å². The van der Waals surface area contributed by atoms with E-state index in [4.69, 9.17) is 10.4 Å². The highest BCUT2D eigenvalue weighted by Gasteiger charge is 2.16. The van der Waals surface area contributed by atoms with Crippen LogP contribution < -0.4 is 5.32 Å². The van der Waals surface area contributed by atoms with Crippen molar-refractivity contribution in [2.45, 2.75) is 12.5 Å². The first kappa shape index (κ1) is 15.0. The predicted octanol–water partition coefficient (Wildman–Crippen LogP) is 3.06. The number of nitro benzene ring substituents is 1. The highest BCUT2D eigenvalue weighted by molar-refractivity contribution is 7.10. The average molecular weight is 303 g/mol. The Morgan fingerprint density at radius 3 is 2.86 bits per heavy atom. The molecule has 0 fully saturated rings. The molecule has 0 saturated heterocycles. The first-order valence-corrected chi connectivity index (χ1v) is 7.13.